The van der Waals surface area contributed by atoms with Gasteiger partial charge in [-0.25, -0.2) is 0 Å². The second-order valence-electron chi connectivity index (χ2n) is 6.43. The number of halogens is 1. The molecule has 0 aliphatic carbocycles. The van der Waals surface area contributed by atoms with E-state index in [0.29, 0.717) is 36.7 Å². The van der Waals surface area contributed by atoms with Crippen molar-refractivity contribution in [3.63, 3.8) is 0 Å². The lowest BCUT2D eigenvalue weighted by molar-refractivity contribution is -0.138. The topological polar surface area (TPSA) is 80.0 Å². The number of aliphatic hydroxyl groups is 1. The average molecular weight is 378 g/mol. The summed E-state index contributed by atoms with van der Waals surface area (Å²) in [5, 5.41) is 11.5. The van der Waals surface area contributed by atoms with Gasteiger partial charge in [0.25, 0.3) is 5.91 Å². The Kier molecular flexibility index (Phi) is 5.34. The van der Waals surface area contributed by atoms with Crippen molar-refractivity contribution in [1.29, 1.82) is 0 Å². The molecule has 0 unspecified atom stereocenters. The van der Waals surface area contributed by atoms with Crippen molar-refractivity contribution in [2.45, 2.75) is 25.4 Å². The number of likely N-dealkylation sites (tertiary alicyclic amines) is 1. The van der Waals surface area contributed by atoms with Crippen LogP contribution in [0.1, 0.15) is 24.2 Å². The summed E-state index contributed by atoms with van der Waals surface area (Å²) in [4.78, 5) is 25.7. The number of hydrogen-bond donors (Lipinski definition) is 1. The number of aryl methyl sites for hydroxylation is 1. The van der Waals surface area contributed by atoms with Crippen LogP contribution in [0.4, 0.5) is 0 Å². The van der Waals surface area contributed by atoms with Crippen molar-refractivity contribution in [1.82, 2.24) is 4.90 Å². The normalized spacial score (nSPS) is 16.3. The molecule has 3 rings (SSSR count). The van der Waals surface area contributed by atoms with Gasteiger partial charge in [0.1, 0.15) is 12.0 Å². The molecule has 1 saturated heterocycles. The van der Waals surface area contributed by atoms with Gasteiger partial charge in [-0.15, -0.1) is 0 Å². The Balaban J connectivity index is 1.56. The SMILES string of the molecule is Cc1cc(=O)c(OCC(=O)N2CCC(O)(c3ccc(Cl)cc3)CC2)co1. The van der Waals surface area contributed by atoms with E-state index in [0.717, 1.165) is 5.56 Å². The first-order valence-electron chi connectivity index (χ1n) is 8.36. The van der Waals surface area contributed by atoms with E-state index in [-0.39, 0.29) is 23.7 Å². The smallest absolute Gasteiger partial charge is 0.260 e. The summed E-state index contributed by atoms with van der Waals surface area (Å²) in [7, 11) is 0. The summed E-state index contributed by atoms with van der Waals surface area (Å²) in [6.07, 6.45) is 2.06. The molecule has 1 aromatic carbocycles. The van der Waals surface area contributed by atoms with Crippen LogP contribution in [0.15, 0.2) is 45.8 Å². The van der Waals surface area contributed by atoms with Crippen LogP contribution in [0.2, 0.25) is 5.02 Å². The predicted molar refractivity (Wildman–Crippen MR) is 96.4 cm³/mol. The predicted octanol–water partition coefficient (Wildman–Crippen LogP) is 2.49. The maximum Gasteiger partial charge on any atom is 0.260 e. The number of amides is 1. The third kappa shape index (κ3) is 4.08. The first-order valence-corrected chi connectivity index (χ1v) is 8.74. The number of hydrogen-bond acceptors (Lipinski definition) is 5. The molecule has 7 heteroatoms. The molecule has 1 fully saturated rings. The monoisotopic (exact) mass is 377 g/mol. The van der Waals surface area contributed by atoms with Crippen LogP contribution in [0.3, 0.4) is 0 Å². The number of rotatable bonds is 4. The zero-order chi connectivity index (χ0) is 18.7. The lowest BCUT2D eigenvalue weighted by Gasteiger charge is -2.38. The molecule has 1 aliphatic rings. The standard InChI is InChI=1S/C19H20ClNO5/c1-13-10-16(22)17(11-25-13)26-12-18(23)21-8-6-19(24,7-9-21)14-2-4-15(20)5-3-14/h2-5,10-11,24H,6-9,12H2,1H3. The molecular formula is C19H20ClNO5. The van der Waals surface area contributed by atoms with Gasteiger partial charge in [-0.1, -0.05) is 23.7 Å². The fraction of sp³-hybridized carbons (Fsp3) is 0.368. The Morgan fingerprint density at radius 2 is 1.96 bits per heavy atom. The second-order valence-corrected chi connectivity index (χ2v) is 6.86. The minimum atomic E-state index is -0.972. The zero-order valence-corrected chi connectivity index (χ0v) is 15.2. The van der Waals surface area contributed by atoms with Crippen molar-refractivity contribution in [2.24, 2.45) is 0 Å². The van der Waals surface area contributed by atoms with E-state index in [1.54, 1.807) is 36.1 Å². The van der Waals surface area contributed by atoms with Crippen molar-refractivity contribution in [2.75, 3.05) is 19.7 Å². The van der Waals surface area contributed by atoms with Gasteiger partial charge in [-0.3, -0.25) is 9.59 Å². The summed E-state index contributed by atoms with van der Waals surface area (Å²) in [6.45, 7) is 2.23. The molecule has 26 heavy (non-hydrogen) atoms. The van der Waals surface area contributed by atoms with Crippen LogP contribution >= 0.6 is 11.6 Å². The van der Waals surface area contributed by atoms with E-state index >= 15 is 0 Å². The quantitative estimate of drug-likeness (QED) is 0.885. The van der Waals surface area contributed by atoms with Crippen LogP contribution in [-0.4, -0.2) is 35.6 Å². The Morgan fingerprint density at radius 1 is 1.31 bits per heavy atom. The molecule has 1 amide bonds. The van der Waals surface area contributed by atoms with Crippen LogP contribution in [-0.2, 0) is 10.4 Å². The van der Waals surface area contributed by atoms with E-state index in [4.69, 9.17) is 20.8 Å². The van der Waals surface area contributed by atoms with Gasteiger partial charge in [0, 0.05) is 24.2 Å². The highest BCUT2D eigenvalue weighted by molar-refractivity contribution is 6.30. The molecule has 0 radical (unpaired) electrons. The van der Waals surface area contributed by atoms with Crippen molar-refractivity contribution < 1.29 is 19.1 Å². The number of piperidine rings is 1. The average Bonchev–Trinajstić information content (AvgIpc) is 2.62. The van der Waals surface area contributed by atoms with Gasteiger partial charge in [-0.05, 0) is 37.5 Å². The molecular weight excluding hydrogens is 358 g/mol. The first-order chi connectivity index (χ1) is 12.4. The third-order valence-electron chi connectivity index (χ3n) is 4.61. The molecule has 0 saturated carbocycles. The fourth-order valence-corrected chi connectivity index (χ4v) is 3.13. The Labute approximate surface area is 156 Å². The number of carbonyl (C=O) groups is 1. The zero-order valence-electron chi connectivity index (χ0n) is 14.4. The van der Waals surface area contributed by atoms with Crippen molar-refractivity contribution >= 4 is 17.5 Å². The highest BCUT2D eigenvalue weighted by Gasteiger charge is 2.35. The maximum absolute atomic E-state index is 12.3. The van der Waals surface area contributed by atoms with Gasteiger partial charge < -0.3 is 19.2 Å². The summed E-state index contributed by atoms with van der Waals surface area (Å²) in [6, 6.07) is 8.41. The van der Waals surface area contributed by atoms with Crippen LogP contribution in [0.5, 0.6) is 5.75 Å². The van der Waals surface area contributed by atoms with Gasteiger partial charge in [0.2, 0.25) is 11.2 Å². The molecule has 2 aromatic rings. The lowest BCUT2D eigenvalue weighted by Crippen LogP contribution is -2.46. The summed E-state index contributed by atoms with van der Waals surface area (Å²) in [5.41, 5.74) is -0.500. The summed E-state index contributed by atoms with van der Waals surface area (Å²) in [5.74, 6) is 0.257. The second kappa shape index (κ2) is 7.51. The van der Waals surface area contributed by atoms with E-state index in [2.05, 4.69) is 0 Å². The molecule has 6 nitrogen and oxygen atoms in total. The van der Waals surface area contributed by atoms with Crippen LogP contribution in [0, 0.1) is 6.92 Å². The third-order valence-corrected chi connectivity index (χ3v) is 4.86. The van der Waals surface area contributed by atoms with E-state index in [9.17, 15) is 14.7 Å². The van der Waals surface area contributed by atoms with E-state index in [1.165, 1.54) is 12.3 Å². The minimum absolute atomic E-state index is 0.0126. The molecule has 0 atom stereocenters. The fourth-order valence-electron chi connectivity index (χ4n) is 3.01. The molecule has 138 valence electrons. The molecule has 1 aromatic heterocycles. The minimum Gasteiger partial charge on any atom is -0.477 e. The number of carbonyl (C=O) groups excluding carboxylic acids is 1. The molecule has 0 spiro atoms. The Hall–Kier alpha value is -2.31. The van der Waals surface area contributed by atoms with Gasteiger partial charge in [-0.2, -0.15) is 0 Å². The van der Waals surface area contributed by atoms with Gasteiger partial charge >= 0.3 is 0 Å². The lowest BCUT2D eigenvalue weighted by atomic mass is 9.84. The summed E-state index contributed by atoms with van der Waals surface area (Å²) >= 11 is 5.89. The largest absolute Gasteiger partial charge is 0.477 e. The van der Waals surface area contributed by atoms with E-state index in [1.807, 2.05) is 0 Å². The Morgan fingerprint density at radius 3 is 2.58 bits per heavy atom. The van der Waals surface area contributed by atoms with E-state index < -0.39 is 5.60 Å². The van der Waals surface area contributed by atoms with Crippen LogP contribution < -0.4 is 10.2 Å². The molecule has 0 bridgehead atoms. The van der Waals surface area contributed by atoms with Crippen LogP contribution in [0.25, 0.3) is 0 Å². The molecule has 1 N–H and O–H groups in total. The Bertz CT molecular complexity index is 838. The maximum atomic E-state index is 12.3. The molecule has 2 heterocycles. The molecule has 1 aliphatic heterocycles. The number of nitrogens with zero attached hydrogens (tertiary/aromatic N) is 1. The number of benzene rings is 1. The van der Waals surface area contributed by atoms with Gasteiger partial charge in [0.15, 0.2) is 6.61 Å². The highest BCUT2D eigenvalue weighted by Crippen LogP contribution is 2.33. The van der Waals surface area contributed by atoms with Crippen molar-refractivity contribution in [3.05, 3.63) is 63.2 Å². The highest BCUT2D eigenvalue weighted by atomic mass is 35.5. The van der Waals surface area contributed by atoms with Gasteiger partial charge in [0.05, 0.1) is 5.60 Å². The van der Waals surface area contributed by atoms with Crippen molar-refractivity contribution in [3.8, 4) is 5.75 Å². The summed E-state index contributed by atoms with van der Waals surface area (Å²) < 4.78 is 10.4. The first kappa shape index (κ1) is 18.5. The number of ether oxygens (including phenoxy) is 1.